The van der Waals surface area contributed by atoms with Crippen LogP contribution in [0.2, 0.25) is 0 Å². The fourth-order valence-corrected chi connectivity index (χ4v) is 3.81. The number of benzene rings is 2. The minimum absolute atomic E-state index is 0.139. The van der Waals surface area contributed by atoms with E-state index in [4.69, 9.17) is 0 Å². The molecule has 0 aliphatic rings. The summed E-state index contributed by atoms with van der Waals surface area (Å²) in [4.78, 5) is 25.6. The number of hydrogen-bond acceptors (Lipinski definition) is 4. The highest BCUT2D eigenvalue weighted by molar-refractivity contribution is 7.89. The van der Waals surface area contributed by atoms with Crippen LogP contribution in [0, 0.1) is 20.8 Å². The van der Waals surface area contributed by atoms with Crippen molar-refractivity contribution in [2.24, 2.45) is 0 Å². The lowest BCUT2D eigenvalue weighted by molar-refractivity contribution is -0.132. The summed E-state index contributed by atoms with van der Waals surface area (Å²) < 4.78 is 27.2. The van der Waals surface area contributed by atoms with Crippen LogP contribution >= 0.6 is 0 Å². The molecule has 2 amide bonds. The fourth-order valence-electron chi connectivity index (χ4n) is 2.51. The number of nitrogens with zero attached hydrogens (tertiary/aromatic N) is 1. The maximum absolute atomic E-state index is 12.5. The molecule has 28 heavy (non-hydrogen) atoms. The maximum atomic E-state index is 12.5. The van der Waals surface area contributed by atoms with Crippen LogP contribution in [0.5, 0.6) is 0 Å². The smallest absolute Gasteiger partial charge is 0.243 e. The van der Waals surface area contributed by atoms with Crippen molar-refractivity contribution in [3.05, 3.63) is 59.2 Å². The number of nitrogens with one attached hydrogen (secondary N) is 2. The molecule has 0 radical (unpaired) electrons. The van der Waals surface area contributed by atoms with Gasteiger partial charge in [-0.05, 0) is 50.1 Å². The van der Waals surface area contributed by atoms with Crippen LogP contribution in [0.15, 0.2) is 47.4 Å². The van der Waals surface area contributed by atoms with E-state index in [9.17, 15) is 18.0 Å². The van der Waals surface area contributed by atoms with Gasteiger partial charge in [0, 0.05) is 12.7 Å². The highest BCUT2D eigenvalue weighted by Crippen LogP contribution is 2.16. The van der Waals surface area contributed by atoms with E-state index >= 15 is 0 Å². The molecule has 0 aliphatic carbocycles. The molecular formula is C20H25N3O4S. The Morgan fingerprint density at radius 2 is 1.57 bits per heavy atom. The van der Waals surface area contributed by atoms with E-state index < -0.39 is 22.5 Å². The molecule has 2 aromatic rings. The van der Waals surface area contributed by atoms with Crippen molar-refractivity contribution in [2.45, 2.75) is 25.7 Å². The van der Waals surface area contributed by atoms with Gasteiger partial charge in [0.2, 0.25) is 21.8 Å². The summed E-state index contributed by atoms with van der Waals surface area (Å²) in [7, 11) is -2.37. The number of hydrogen-bond donors (Lipinski definition) is 2. The average Bonchev–Trinajstić information content (AvgIpc) is 2.63. The maximum Gasteiger partial charge on any atom is 0.243 e. The third-order valence-corrected chi connectivity index (χ3v) is 5.73. The van der Waals surface area contributed by atoms with Gasteiger partial charge in [0.1, 0.15) is 0 Å². The van der Waals surface area contributed by atoms with E-state index in [1.54, 1.807) is 38.1 Å². The number of rotatable bonds is 7. The number of carbonyl (C=O) groups is 2. The molecule has 0 atom stereocenters. The number of amides is 2. The second-order valence-electron chi connectivity index (χ2n) is 6.76. The Morgan fingerprint density at radius 3 is 2.21 bits per heavy atom. The minimum Gasteiger partial charge on any atom is -0.335 e. The number of likely N-dealkylation sites (N-methyl/N-ethyl adjacent to an activating group) is 1. The second-order valence-corrected chi connectivity index (χ2v) is 8.49. The fraction of sp³-hybridized carbons (Fsp3) is 0.300. The Kier molecular flexibility index (Phi) is 6.93. The third-order valence-electron chi connectivity index (χ3n) is 4.19. The van der Waals surface area contributed by atoms with Crippen molar-refractivity contribution in [3.63, 3.8) is 0 Å². The number of aryl methyl sites for hydroxylation is 3. The quantitative estimate of drug-likeness (QED) is 0.739. The summed E-state index contributed by atoms with van der Waals surface area (Å²) in [6.07, 6.45) is 0. The highest BCUT2D eigenvalue weighted by Gasteiger charge is 2.20. The lowest BCUT2D eigenvalue weighted by Crippen LogP contribution is -2.41. The van der Waals surface area contributed by atoms with E-state index in [-0.39, 0.29) is 17.3 Å². The van der Waals surface area contributed by atoms with Gasteiger partial charge in [-0.3, -0.25) is 9.59 Å². The topological polar surface area (TPSA) is 95.6 Å². The second kappa shape index (κ2) is 8.99. The van der Waals surface area contributed by atoms with E-state index in [0.717, 1.165) is 11.1 Å². The first-order valence-corrected chi connectivity index (χ1v) is 10.2. The van der Waals surface area contributed by atoms with Gasteiger partial charge >= 0.3 is 0 Å². The summed E-state index contributed by atoms with van der Waals surface area (Å²) in [6, 6.07) is 12.4. The number of carbonyl (C=O) groups excluding carboxylic acids is 2. The van der Waals surface area contributed by atoms with Crippen LogP contribution in [0.1, 0.15) is 16.7 Å². The molecule has 150 valence electrons. The van der Waals surface area contributed by atoms with Crippen LogP contribution < -0.4 is 10.0 Å². The van der Waals surface area contributed by atoms with Crippen molar-refractivity contribution in [1.29, 1.82) is 0 Å². The van der Waals surface area contributed by atoms with Crippen molar-refractivity contribution in [2.75, 3.05) is 25.5 Å². The summed E-state index contributed by atoms with van der Waals surface area (Å²) in [6.45, 7) is 4.82. The first kappa shape index (κ1) is 21.6. The minimum atomic E-state index is -3.82. The Bertz CT molecular complexity index is 969. The van der Waals surface area contributed by atoms with Crippen LogP contribution in [0.4, 0.5) is 5.69 Å². The van der Waals surface area contributed by atoms with E-state index in [2.05, 4.69) is 10.0 Å². The molecular weight excluding hydrogens is 378 g/mol. The first-order chi connectivity index (χ1) is 13.1. The normalized spacial score (nSPS) is 11.1. The predicted molar refractivity (Wildman–Crippen MR) is 109 cm³/mol. The lowest BCUT2D eigenvalue weighted by atomic mass is 10.2. The van der Waals surface area contributed by atoms with E-state index in [0.29, 0.717) is 11.3 Å². The van der Waals surface area contributed by atoms with Crippen molar-refractivity contribution >= 4 is 27.5 Å². The molecule has 2 aromatic carbocycles. The zero-order valence-corrected chi connectivity index (χ0v) is 17.3. The molecule has 0 aromatic heterocycles. The zero-order chi connectivity index (χ0) is 20.9. The third kappa shape index (κ3) is 5.90. The molecule has 2 N–H and O–H groups in total. The molecule has 0 unspecified atom stereocenters. The summed E-state index contributed by atoms with van der Waals surface area (Å²) in [5, 5.41) is 2.70. The molecule has 8 heteroatoms. The molecule has 0 aliphatic heterocycles. The summed E-state index contributed by atoms with van der Waals surface area (Å²) in [5.74, 6) is -0.870. The SMILES string of the molecule is Cc1ccc(NC(=O)CN(C)C(=O)CNS(=O)(=O)c2cc(C)ccc2C)cc1. The Hall–Kier alpha value is -2.71. The first-order valence-electron chi connectivity index (χ1n) is 8.76. The Balaban J connectivity index is 1.92. The molecule has 0 fully saturated rings. The van der Waals surface area contributed by atoms with Gasteiger partial charge in [0.15, 0.2) is 0 Å². The van der Waals surface area contributed by atoms with E-state index in [1.165, 1.54) is 11.9 Å². The monoisotopic (exact) mass is 403 g/mol. The van der Waals surface area contributed by atoms with Crippen LogP contribution in [0.3, 0.4) is 0 Å². The number of anilines is 1. The molecule has 0 heterocycles. The van der Waals surface area contributed by atoms with Crippen LogP contribution in [-0.4, -0.2) is 45.3 Å². The summed E-state index contributed by atoms with van der Waals surface area (Å²) in [5.41, 5.74) is 3.10. The zero-order valence-electron chi connectivity index (χ0n) is 16.4. The average molecular weight is 404 g/mol. The van der Waals surface area contributed by atoms with Crippen molar-refractivity contribution in [3.8, 4) is 0 Å². The van der Waals surface area contributed by atoms with Gasteiger partial charge in [0.25, 0.3) is 0 Å². The van der Waals surface area contributed by atoms with Crippen LogP contribution in [-0.2, 0) is 19.6 Å². The number of sulfonamides is 1. The highest BCUT2D eigenvalue weighted by atomic mass is 32.2. The Labute approximate surface area is 165 Å². The van der Waals surface area contributed by atoms with Gasteiger partial charge in [0.05, 0.1) is 18.0 Å². The van der Waals surface area contributed by atoms with E-state index in [1.807, 2.05) is 25.1 Å². The molecule has 0 saturated heterocycles. The molecule has 0 spiro atoms. The van der Waals surface area contributed by atoms with Crippen molar-refractivity contribution in [1.82, 2.24) is 9.62 Å². The predicted octanol–water partition coefficient (Wildman–Crippen LogP) is 1.99. The molecule has 0 saturated carbocycles. The van der Waals surface area contributed by atoms with Gasteiger partial charge in [-0.1, -0.05) is 29.8 Å². The van der Waals surface area contributed by atoms with Gasteiger partial charge in [-0.2, -0.15) is 0 Å². The molecule has 2 rings (SSSR count). The summed E-state index contributed by atoms with van der Waals surface area (Å²) >= 11 is 0. The van der Waals surface area contributed by atoms with Gasteiger partial charge in [-0.15, -0.1) is 0 Å². The largest absolute Gasteiger partial charge is 0.335 e. The van der Waals surface area contributed by atoms with Gasteiger partial charge < -0.3 is 10.2 Å². The Morgan fingerprint density at radius 1 is 0.964 bits per heavy atom. The van der Waals surface area contributed by atoms with Crippen LogP contribution in [0.25, 0.3) is 0 Å². The lowest BCUT2D eigenvalue weighted by Gasteiger charge is -2.17. The standard InChI is InChI=1S/C20H25N3O4S/c1-14-6-9-17(10-7-14)22-19(24)13-23(4)20(25)12-21-28(26,27)18-11-15(2)5-8-16(18)3/h5-11,21H,12-13H2,1-4H3,(H,22,24). The van der Waals surface area contributed by atoms with Gasteiger partial charge in [-0.25, -0.2) is 13.1 Å². The molecule has 7 nitrogen and oxygen atoms in total. The molecule has 0 bridgehead atoms. The van der Waals surface area contributed by atoms with Crippen molar-refractivity contribution < 1.29 is 18.0 Å².